The number of amides is 1. The van der Waals surface area contributed by atoms with Crippen LogP contribution in [0.2, 0.25) is 0 Å². The van der Waals surface area contributed by atoms with E-state index in [1.807, 2.05) is 37.3 Å². The van der Waals surface area contributed by atoms with Crippen molar-refractivity contribution in [1.29, 1.82) is 0 Å². The van der Waals surface area contributed by atoms with Crippen molar-refractivity contribution < 1.29 is 13.2 Å². The molecule has 0 aliphatic heterocycles. The Morgan fingerprint density at radius 2 is 1.62 bits per heavy atom. The quantitative estimate of drug-likeness (QED) is 0.466. The number of sulfonamides is 1. The molecular weight excluding hydrogens is 424 g/mol. The molecule has 4 rings (SSSR count). The monoisotopic (exact) mass is 448 g/mol. The average molecular weight is 449 g/mol. The molecule has 4 aromatic rings. The Labute approximate surface area is 187 Å². The summed E-state index contributed by atoms with van der Waals surface area (Å²) in [6.45, 7) is 3.05. The van der Waals surface area contributed by atoms with E-state index in [2.05, 4.69) is 14.9 Å². The molecule has 1 amide bonds. The summed E-state index contributed by atoms with van der Waals surface area (Å²) in [4.78, 5) is 17.4. The van der Waals surface area contributed by atoms with E-state index >= 15 is 0 Å². The van der Waals surface area contributed by atoms with E-state index in [0.717, 1.165) is 23.4 Å². The molecule has 0 radical (unpaired) electrons. The van der Waals surface area contributed by atoms with E-state index in [0.29, 0.717) is 11.3 Å². The first-order chi connectivity index (χ1) is 15.4. The molecule has 3 aromatic carbocycles. The highest BCUT2D eigenvalue weighted by Gasteiger charge is 2.21. The number of hydrogen-bond acceptors (Lipinski definition) is 4. The van der Waals surface area contributed by atoms with E-state index in [-0.39, 0.29) is 17.3 Å². The molecule has 1 aromatic heterocycles. The van der Waals surface area contributed by atoms with Crippen LogP contribution in [0, 0.1) is 0 Å². The third kappa shape index (κ3) is 4.09. The maximum Gasteiger partial charge on any atom is 0.264 e. The van der Waals surface area contributed by atoms with Crippen molar-refractivity contribution in [2.45, 2.75) is 24.9 Å². The summed E-state index contributed by atoms with van der Waals surface area (Å²) in [6, 6.07) is 22.6. The third-order valence-electron chi connectivity index (χ3n) is 5.35. The Balaban J connectivity index is 1.48. The highest BCUT2D eigenvalue weighted by atomic mass is 32.2. The van der Waals surface area contributed by atoms with Gasteiger partial charge in [-0.05, 0) is 55.5 Å². The van der Waals surface area contributed by atoms with Gasteiger partial charge in [0, 0.05) is 19.2 Å². The van der Waals surface area contributed by atoms with Crippen LogP contribution in [0.25, 0.3) is 11.0 Å². The summed E-state index contributed by atoms with van der Waals surface area (Å²) in [5, 5.41) is 2.88. The van der Waals surface area contributed by atoms with Crippen LogP contribution in [0.3, 0.4) is 0 Å². The van der Waals surface area contributed by atoms with Gasteiger partial charge in [-0.25, -0.2) is 13.4 Å². The van der Waals surface area contributed by atoms with Gasteiger partial charge in [-0.15, -0.1) is 0 Å². The predicted octanol–water partition coefficient (Wildman–Crippen LogP) is 3.81. The highest BCUT2D eigenvalue weighted by Crippen LogP contribution is 2.22. The van der Waals surface area contributed by atoms with Gasteiger partial charge in [0.05, 0.1) is 28.2 Å². The minimum atomic E-state index is -3.73. The lowest BCUT2D eigenvalue weighted by Gasteiger charge is -2.19. The standard InChI is InChI=1S/C24H24N4O3S/c1-3-28-22-12-8-7-11-21(22)26-23(28)17-25-24(29)18-13-15-20(16-14-18)32(30,31)27(2)19-9-5-4-6-10-19/h4-16H,3,17H2,1-2H3,(H,25,29). The van der Waals surface area contributed by atoms with Crippen LogP contribution < -0.4 is 9.62 Å². The lowest BCUT2D eigenvalue weighted by molar-refractivity contribution is 0.0949. The number of benzene rings is 3. The van der Waals surface area contributed by atoms with Gasteiger partial charge in [-0.3, -0.25) is 9.10 Å². The SMILES string of the molecule is CCn1c(CNC(=O)c2ccc(S(=O)(=O)N(C)c3ccccc3)cc2)nc2ccccc21. The molecule has 0 bridgehead atoms. The Kier molecular flexibility index (Phi) is 5.96. The zero-order valence-corrected chi connectivity index (χ0v) is 18.7. The van der Waals surface area contributed by atoms with Crippen molar-refractivity contribution in [2.75, 3.05) is 11.4 Å². The van der Waals surface area contributed by atoms with Crippen molar-refractivity contribution in [3.05, 3.63) is 90.3 Å². The Morgan fingerprint density at radius 3 is 2.31 bits per heavy atom. The van der Waals surface area contributed by atoms with Crippen LogP contribution in [-0.4, -0.2) is 30.9 Å². The minimum absolute atomic E-state index is 0.119. The fourth-order valence-corrected chi connectivity index (χ4v) is 4.78. The van der Waals surface area contributed by atoms with Crippen LogP contribution in [0.15, 0.2) is 83.8 Å². The molecule has 0 aliphatic rings. The number of para-hydroxylation sites is 3. The first kappa shape index (κ1) is 21.6. The molecule has 0 aliphatic carbocycles. The maximum absolute atomic E-state index is 12.9. The number of imidazole rings is 1. The molecule has 0 saturated carbocycles. The maximum atomic E-state index is 12.9. The second-order valence-corrected chi connectivity index (χ2v) is 9.25. The summed E-state index contributed by atoms with van der Waals surface area (Å²) in [7, 11) is -2.22. The summed E-state index contributed by atoms with van der Waals surface area (Å²) >= 11 is 0. The molecule has 0 fully saturated rings. The number of nitrogens with zero attached hydrogens (tertiary/aromatic N) is 3. The molecule has 1 N–H and O–H groups in total. The fraction of sp³-hybridized carbons (Fsp3) is 0.167. The summed E-state index contributed by atoms with van der Waals surface area (Å²) in [5.74, 6) is 0.478. The number of fused-ring (bicyclic) bond motifs is 1. The van der Waals surface area contributed by atoms with Crippen molar-refractivity contribution in [3.63, 3.8) is 0 Å². The average Bonchev–Trinajstić information content (AvgIpc) is 3.20. The normalized spacial score (nSPS) is 11.4. The zero-order valence-electron chi connectivity index (χ0n) is 17.9. The Hall–Kier alpha value is -3.65. The van der Waals surface area contributed by atoms with Gasteiger partial charge < -0.3 is 9.88 Å². The van der Waals surface area contributed by atoms with E-state index < -0.39 is 10.0 Å². The molecule has 0 saturated heterocycles. The first-order valence-corrected chi connectivity index (χ1v) is 11.7. The van der Waals surface area contributed by atoms with Gasteiger partial charge in [0.1, 0.15) is 5.82 Å². The number of carbonyl (C=O) groups excluding carboxylic acids is 1. The molecule has 164 valence electrons. The lowest BCUT2D eigenvalue weighted by Crippen LogP contribution is -2.27. The summed E-state index contributed by atoms with van der Waals surface area (Å²) in [6.07, 6.45) is 0. The van der Waals surface area contributed by atoms with Gasteiger partial charge in [0.25, 0.3) is 15.9 Å². The van der Waals surface area contributed by atoms with Gasteiger partial charge in [-0.1, -0.05) is 30.3 Å². The van der Waals surface area contributed by atoms with Gasteiger partial charge in [0.2, 0.25) is 0 Å². The number of carbonyl (C=O) groups is 1. The van der Waals surface area contributed by atoms with Crippen molar-refractivity contribution in [3.8, 4) is 0 Å². The number of nitrogens with one attached hydrogen (secondary N) is 1. The second kappa shape index (κ2) is 8.84. The van der Waals surface area contributed by atoms with Gasteiger partial charge in [0.15, 0.2) is 0 Å². The van der Waals surface area contributed by atoms with E-state index in [4.69, 9.17) is 0 Å². The number of rotatable bonds is 7. The Bertz CT molecular complexity index is 1350. The van der Waals surface area contributed by atoms with Crippen LogP contribution in [0.4, 0.5) is 5.69 Å². The van der Waals surface area contributed by atoms with E-state index in [1.165, 1.54) is 35.6 Å². The van der Waals surface area contributed by atoms with Crippen molar-refractivity contribution in [2.24, 2.45) is 0 Å². The van der Waals surface area contributed by atoms with Crippen molar-refractivity contribution >= 4 is 32.7 Å². The predicted molar refractivity (Wildman–Crippen MR) is 125 cm³/mol. The fourth-order valence-electron chi connectivity index (χ4n) is 3.59. The largest absolute Gasteiger partial charge is 0.345 e. The van der Waals surface area contributed by atoms with Crippen LogP contribution >= 0.6 is 0 Å². The van der Waals surface area contributed by atoms with E-state index in [9.17, 15) is 13.2 Å². The van der Waals surface area contributed by atoms with Crippen LogP contribution in [0.1, 0.15) is 23.1 Å². The highest BCUT2D eigenvalue weighted by molar-refractivity contribution is 7.92. The number of aryl methyl sites for hydroxylation is 1. The summed E-state index contributed by atoms with van der Waals surface area (Å²) in [5.41, 5.74) is 2.85. The molecule has 1 heterocycles. The molecule has 32 heavy (non-hydrogen) atoms. The van der Waals surface area contributed by atoms with Gasteiger partial charge in [-0.2, -0.15) is 0 Å². The number of anilines is 1. The van der Waals surface area contributed by atoms with Crippen LogP contribution in [-0.2, 0) is 23.1 Å². The number of aromatic nitrogens is 2. The van der Waals surface area contributed by atoms with E-state index in [1.54, 1.807) is 24.3 Å². The molecule has 8 heteroatoms. The molecule has 0 unspecified atom stereocenters. The second-order valence-electron chi connectivity index (χ2n) is 7.28. The first-order valence-electron chi connectivity index (χ1n) is 10.3. The number of hydrogen-bond donors (Lipinski definition) is 1. The smallest absolute Gasteiger partial charge is 0.264 e. The Morgan fingerprint density at radius 1 is 0.969 bits per heavy atom. The van der Waals surface area contributed by atoms with Crippen LogP contribution in [0.5, 0.6) is 0 Å². The molecule has 0 spiro atoms. The third-order valence-corrected chi connectivity index (χ3v) is 7.15. The topological polar surface area (TPSA) is 84.3 Å². The van der Waals surface area contributed by atoms with Gasteiger partial charge >= 0.3 is 0 Å². The molecular formula is C24H24N4O3S. The minimum Gasteiger partial charge on any atom is -0.345 e. The zero-order chi connectivity index (χ0) is 22.7. The molecule has 0 atom stereocenters. The summed E-state index contributed by atoms with van der Waals surface area (Å²) < 4.78 is 29.1. The lowest BCUT2D eigenvalue weighted by atomic mass is 10.2. The molecule has 7 nitrogen and oxygen atoms in total. The van der Waals surface area contributed by atoms with Crippen molar-refractivity contribution in [1.82, 2.24) is 14.9 Å².